The lowest BCUT2D eigenvalue weighted by Crippen LogP contribution is -2.41. The van der Waals surface area contributed by atoms with E-state index in [1.165, 1.54) is 25.9 Å². The zero-order chi connectivity index (χ0) is 12.8. The summed E-state index contributed by atoms with van der Waals surface area (Å²) in [6.07, 6.45) is 5.42. The second-order valence-electron chi connectivity index (χ2n) is 5.48. The van der Waals surface area contributed by atoms with Crippen molar-refractivity contribution < 1.29 is 4.21 Å². The number of nitrogens with zero attached hydrogens (tertiary/aromatic N) is 1. The van der Waals surface area contributed by atoms with Gasteiger partial charge in [-0.1, -0.05) is 6.92 Å². The molecule has 1 N–H and O–H groups in total. The van der Waals surface area contributed by atoms with E-state index in [1.807, 2.05) is 0 Å². The van der Waals surface area contributed by atoms with Crippen molar-refractivity contribution in [3.05, 3.63) is 0 Å². The second-order valence-corrected chi connectivity index (χ2v) is 7.28. The van der Waals surface area contributed by atoms with Gasteiger partial charge < -0.3 is 10.2 Å². The van der Waals surface area contributed by atoms with Crippen molar-refractivity contribution in [1.29, 1.82) is 0 Å². The molecule has 3 unspecified atom stereocenters. The Morgan fingerprint density at radius 3 is 2.47 bits per heavy atom. The summed E-state index contributed by atoms with van der Waals surface area (Å²) in [5.41, 5.74) is 0. The van der Waals surface area contributed by atoms with Gasteiger partial charge in [-0.05, 0) is 58.8 Å². The van der Waals surface area contributed by atoms with E-state index in [1.54, 1.807) is 6.26 Å². The van der Waals surface area contributed by atoms with E-state index >= 15 is 0 Å². The monoisotopic (exact) mass is 260 g/mol. The van der Waals surface area contributed by atoms with Crippen LogP contribution >= 0.6 is 0 Å². The van der Waals surface area contributed by atoms with Crippen molar-refractivity contribution in [2.75, 3.05) is 32.9 Å². The number of rotatable bonds is 6. The molecule has 0 spiro atoms. The summed E-state index contributed by atoms with van der Waals surface area (Å²) in [6.45, 7) is 7.81. The molecule has 0 saturated carbocycles. The van der Waals surface area contributed by atoms with Crippen LogP contribution in [0.2, 0.25) is 0 Å². The third-order valence-corrected chi connectivity index (χ3v) is 5.42. The highest BCUT2D eigenvalue weighted by Gasteiger charge is 2.21. The summed E-state index contributed by atoms with van der Waals surface area (Å²) in [7, 11) is 1.52. The van der Waals surface area contributed by atoms with Crippen LogP contribution in [0.1, 0.15) is 33.1 Å². The number of piperidine rings is 1. The lowest BCUT2D eigenvalue weighted by atomic mass is 9.90. The van der Waals surface area contributed by atoms with Gasteiger partial charge in [-0.25, -0.2) is 0 Å². The van der Waals surface area contributed by atoms with Crippen molar-refractivity contribution in [3.8, 4) is 0 Å². The maximum absolute atomic E-state index is 11.2. The van der Waals surface area contributed by atoms with E-state index in [0.717, 1.165) is 18.9 Å². The molecule has 0 aromatic rings. The molecule has 0 amide bonds. The molecule has 0 bridgehead atoms. The van der Waals surface area contributed by atoms with Gasteiger partial charge in [0, 0.05) is 28.3 Å². The van der Waals surface area contributed by atoms with Gasteiger partial charge in [0.25, 0.3) is 0 Å². The van der Waals surface area contributed by atoms with E-state index < -0.39 is 10.8 Å². The first kappa shape index (κ1) is 15.1. The van der Waals surface area contributed by atoms with E-state index in [9.17, 15) is 4.21 Å². The topological polar surface area (TPSA) is 32.3 Å². The molecule has 3 nitrogen and oxygen atoms in total. The van der Waals surface area contributed by atoms with Gasteiger partial charge in [0.1, 0.15) is 0 Å². The average Bonchev–Trinajstić information content (AvgIpc) is 2.29. The Kier molecular flexibility index (Phi) is 6.67. The molecular weight excluding hydrogens is 232 g/mol. The van der Waals surface area contributed by atoms with Gasteiger partial charge in [0.05, 0.1) is 0 Å². The minimum Gasteiger partial charge on any atom is -0.314 e. The Hall–Kier alpha value is 0.0700. The Bertz CT molecular complexity index is 240. The predicted molar refractivity (Wildman–Crippen MR) is 75.8 cm³/mol. The van der Waals surface area contributed by atoms with Crippen LogP contribution < -0.4 is 5.32 Å². The van der Waals surface area contributed by atoms with Crippen LogP contribution in [0.5, 0.6) is 0 Å². The number of nitrogens with one attached hydrogen (secondary N) is 1. The highest BCUT2D eigenvalue weighted by atomic mass is 32.2. The fraction of sp³-hybridized carbons (Fsp3) is 1.00. The molecule has 3 atom stereocenters. The second kappa shape index (κ2) is 7.49. The summed E-state index contributed by atoms with van der Waals surface area (Å²) in [5.74, 6) is 0.814. The smallest absolute Gasteiger partial charge is 0.0329 e. The van der Waals surface area contributed by atoms with Crippen LogP contribution in [-0.2, 0) is 10.8 Å². The molecule has 17 heavy (non-hydrogen) atoms. The summed E-state index contributed by atoms with van der Waals surface area (Å²) in [6, 6.07) is 0.598. The first-order chi connectivity index (χ1) is 8.00. The normalized spacial score (nSPS) is 24.5. The van der Waals surface area contributed by atoms with E-state index in [4.69, 9.17) is 0 Å². The fourth-order valence-corrected chi connectivity index (χ4v) is 2.83. The van der Waals surface area contributed by atoms with E-state index in [2.05, 4.69) is 31.1 Å². The maximum Gasteiger partial charge on any atom is 0.0329 e. The summed E-state index contributed by atoms with van der Waals surface area (Å²) < 4.78 is 11.2. The quantitative estimate of drug-likeness (QED) is 0.785. The van der Waals surface area contributed by atoms with Gasteiger partial charge in [0.2, 0.25) is 0 Å². The molecule has 1 rings (SSSR count). The van der Waals surface area contributed by atoms with Gasteiger partial charge >= 0.3 is 0 Å². The minimum atomic E-state index is -0.681. The molecule has 0 radical (unpaired) electrons. The Labute approximate surface area is 109 Å². The van der Waals surface area contributed by atoms with Crippen molar-refractivity contribution in [3.63, 3.8) is 0 Å². The van der Waals surface area contributed by atoms with Gasteiger partial charge in [-0.2, -0.15) is 0 Å². The SMILES string of the molecule is CC(NCCC(C)S(C)=O)C1CCN(C)CC1. The van der Waals surface area contributed by atoms with Crippen LogP contribution in [-0.4, -0.2) is 53.3 Å². The zero-order valence-corrected chi connectivity index (χ0v) is 12.6. The molecule has 0 aromatic heterocycles. The standard InChI is InChI=1S/C13H28N2OS/c1-11(17(4)16)5-8-14-12(2)13-6-9-15(3)10-7-13/h11-14H,5-10H2,1-4H3. The van der Waals surface area contributed by atoms with Crippen LogP contribution in [0.4, 0.5) is 0 Å². The van der Waals surface area contributed by atoms with E-state index in [0.29, 0.717) is 11.3 Å². The molecule has 0 aromatic carbocycles. The molecule has 1 heterocycles. The van der Waals surface area contributed by atoms with Crippen LogP contribution in [0.15, 0.2) is 0 Å². The Morgan fingerprint density at radius 1 is 1.35 bits per heavy atom. The third kappa shape index (κ3) is 5.49. The van der Waals surface area contributed by atoms with Crippen LogP contribution in [0.3, 0.4) is 0 Å². The number of hydrogen-bond acceptors (Lipinski definition) is 3. The van der Waals surface area contributed by atoms with Gasteiger partial charge in [-0.15, -0.1) is 0 Å². The first-order valence-corrected chi connectivity index (χ1v) is 8.37. The molecular formula is C13H28N2OS. The van der Waals surface area contributed by atoms with Crippen molar-refractivity contribution in [2.24, 2.45) is 5.92 Å². The molecule has 1 saturated heterocycles. The Morgan fingerprint density at radius 2 is 1.94 bits per heavy atom. The van der Waals surface area contributed by atoms with Crippen molar-refractivity contribution in [1.82, 2.24) is 10.2 Å². The molecule has 1 aliphatic rings. The molecule has 102 valence electrons. The first-order valence-electron chi connectivity index (χ1n) is 6.75. The summed E-state index contributed by atoms with van der Waals surface area (Å²) in [4.78, 5) is 2.41. The van der Waals surface area contributed by atoms with Crippen LogP contribution in [0.25, 0.3) is 0 Å². The van der Waals surface area contributed by atoms with Gasteiger partial charge in [0.15, 0.2) is 0 Å². The average molecular weight is 260 g/mol. The minimum absolute atomic E-state index is 0.312. The molecule has 4 heteroatoms. The van der Waals surface area contributed by atoms with E-state index in [-0.39, 0.29) is 0 Å². The highest BCUT2D eigenvalue weighted by Crippen LogP contribution is 2.19. The number of hydrogen-bond donors (Lipinski definition) is 1. The Balaban J connectivity index is 2.16. The summed E-state index contributed by atoms with van der Waals surface area (Å²) in [5, 5.41) is 3.91. The highest BCUT2D eigenvalue weighted by molar-refractivity contribution is 7.84. The zero-order valence-electron chi connectivity index (χ0n) is 11.7. The van der Waals surface area contributed by atoms with Crippen molar-refractivity contribution in [2.45, 2.75) is 44.4 Å². The van der Waals surface area contributed by atoms with Crippen LogP contribution in [0, 0.1) is 5.92 Å². The largest absolute Gasteiger partial charge is 0.314 e. The molecule has 0 aliphatic carbocycles. The third-order valence-electron chi connectivity index (χ3n) is 4.05. The maximum atomic E-state index is 11.2. The lowest BCUT2D eigenvalue weighted by molar-refractivity contribution is 0.190. The number of likely N-dealkylation sites (tertiary alicyclic amines) is 1. The van der Waals surface area contributed by atoms with Gasteiger partial charge in [-0.3, -0.25) is 4.21 Å². The molecule has 1 fully saturated rings. The molecule has 1 aliphatic heterocycles. The summed E-state index contributed by atoms with van der Waals surface area (Å²) >= 11 is 0. The predicted octanol–water partition coefficient (Wildman–Crippen LogP) is 1.46. The van der Waals surface area contributed by atoms with Crippen molar-refractivity contribution >= 4 is 10.8 Å². The fourth-order valence-electron chi connectivity index (χ4n) is 2.38. The lowest BCUT2D eigenvalue weighted by Gasteiger charge is -2.33.